The van der Waals surface area contributed by atoms with E-state index in [1.807, 2.05) is 36.0 Å². The highest BCUT2D eigenvalue weighted by Gasteiger charge is 2.15. The monoisotopic (exact) mass is 361 g/mol. The first-order chi connectivity index (χ1) is 11.9. The number of aromatic nitrogens is 5. The summed E-state index contributed by atoms with van der Waals surface area (Å²) >= 11 is 0. The molecule has 0 bridgehead atoms. The molecule has 0 unspecified atom stereocenters. The Hall–Kier alpha value is -2.72. The average Bonchev–Trinajstić information content (AvgIpc) is 3.23. The van der Waals surface area contributed by atoms with Crippen LogP contribution in [0.2, 0.25) is 0 Å². The van der Waals surface area contributed by atoms with Gasteiger partial charge in [0.1, 0.15) is 17.5 Å². The van der Waals surface area contributed by atoms with Crippen molar-refractivity contribution < 1.29 is 8.42 Å². The molecule has 25 heavy (non-hydrogen) atoms. The summed E-state index contributed by atoms with van der Waals surface area (Å²) in [6.07, 6.45) is 6.69. The Morgan fingerprint density at radius 1 is 1.16 bits per heavy atom. The van der Waals surface area contributed by atoms with Crippen molar-refractivity contribution in [2.24, 2.45) is 7.05 Å². The molecule has 2 N–H and O–H groups in total. The molecule has 3 rings (SSSR count). The zero-order valence-electron chi connectivity index (χ0n) is 13.9. The topological polar surface area (TPSA) is 107 Å². The molecule has 0 aliphatic heterocycles. The lowest BCUT2D eigenvalue weighted by molar-refractivity contribution is 0.579. The molecule has 0 aliphatic rings. The predicted molar refractivity (Wildman–Crippen MR) is 93.0 cm³/mol. The summed E-state index contributed by atoms with van der Waals surface area (Å²) in [4.78, 5) is 12.5. The molecule has 0 atom stereocenters. The minimum atomic E-state index is -3.60. The van der Waals surface area contributed by atoms with Crippen LogP contribution in [0, 0.1) is 6.92 Å². The van der Waals surface area contributed by atoms with E-state index in [-0.39, 0.29) is 11.6 Å². The highest BCUT2D eigenvalue weighted by molar-refractivity contribution is 7.89. The maximum atomic E-state index is 12.1. The SMILES string of the molecule is Cc1nc(NCCNS(=O)(=O)c2cn(C)cn2)cc(-n2cccc2)n1. The van der Waals surface area contributed by atoms with Crippen molar-refractivity contribution in [1.82, 2.24) is 28.8 Å². The van der Waals surface area contributed by atoms with Gasteiger partial charge in [0, 0.05) is 44.8 Å². The number of hydrogen-bond acceptors (Lipinski definition) is 6. The van der Waals surface area contributed by atoms with Gasteiger partial charge in [-0.3, -0.25) is 0 Å². The molecule has 0 radical (unpaired) electrons. The van der Waals surface area contributed by atoms with E-state index in [1.54, 1.807) is 17.7 Å². The van der Waals surface area contributed by atoms with E-state index in [9.17, 15) is 8.42 Å². The van der Waals surface area contributed by atoms with Crippen LogP contribution in [0.3, 0.4) is 0 Å². The van der Waals surface area contributed by atoms with Crippen LogP contribution in [0.1, 0.15) is 5.82 Å². The molecule has 132 valence electrons. The third-order valence-corrected chi connectivity index (χ3v) is 4.72. The smallest absolute Gasteiger partial charge is 0.259 e. The Kier molecular flexibility index (Phi) is 4.81. The highest BCUT2D eigenvalue weighted by Crippen LogP contribution is 2.11. The van der Waals surface area contributed by atoms with Gasteiger partial charge in [-0.25, -0.2) is 28.1 Å². The van der Waals surface area contributed by atoms with E-state index in [0.717, 1.165) is 5.82 Å². The number of nitrogens with zero attached hydrogens (tertiary/aromatic N) is 5. The summed E-state index contributed by atoms with van der Waals surface area (Å²) in [6.45, 7) is 2.40. The maximum Gasteiger partial charge on any atom is 0.259 e. The molecule has 10 heteroatoms. The van der Waals surface area contributed by atoms with E-state index >= 15 is 0 Å². The Balaban J connectivity index is 1.59. The van der Waals surface area contributed by atoms with Crippen molar-refractivity contribution >= 4 is 15.8 Å². The van der Waals surface area contributed by atoms with Gasteiger partial charge in [-0.1, -0.05) is 0 Å². The van der Waals surface area contributed by atoms with Gasteiger partial charge in [-0.15, -0.1) is 0 Å². The number of nitrogens with one attached hydrogen (secondary N) is 2. The van der Waals surface area contributed by atoms with Gasteiger partial charge >= 0.3 is 0 Å². The molecule has 3 aromatic rings. The lowest BCUT2D eigenvalue weighted by Gasteiger charge is -2.09. The minimum Gasteiger partial charge on any atom is -0.369 e. The third-order valence-electron chi connectivity index (χ3n) is 3.37. The molecular formula is C15H19N7O2S. The Morgan fingerprint density at radius 2 is 1.92 bits per heavy atom. The molecular weight excluding hydrogens is 342 g/mol. The Morgan fingerprint density at radius 3 is 2.60 bits per heavy atom. The maximum absolute atomic E-state index is 12.1. The van der Waals surface area contributed by atoms with Crippen molar-refractivity contribution in [3.05, 3.63) is 48.9 Å². The van der Waals surface area contributed by atoms with E-state index in [1.165, 1.54) is 12.5 Å². The number of anilines is 1. The molecule has 0 fully saturated rings. The van der Waals surface area contributed by atoms with Crippen LogP contribution in [0.15, 0.2) is 48.1 Å². The Bertz CT molecular complexity index is 948. The second kappa shape index (κ2) is 7.03. The van der Waals surface area contributed by atoms with Crippen LogP contribution < -0.4 is 10.0 Å². The molecule has 0 aromatic carbocycles. The second-order valence-electron chi connectivity index (χ2n) is 5.45. The van der Waals surface area contributed by atoms with Crippen LogP contribution in [-0.4, -0.2) is 45.6 Å². The van der Waals surface area contributed by atoms with Crippen molar-refractivity contribution in [2.75, 3.05) is 18.4 Å². The minimum absolute atomic E-state index is 0.00257. The molecule has 0 amide bonds. The normalized spacial score (nSPS) is 11.6. The van der Waals surface area contributed by atoms with E-state index in [2.05, 4.69) is 25.0 Å². The summed E-state index contributed by atoms with van der Waals surface area (Å²) in [5.74, 6) is 2.00. The fourth-order valence-electron chi connectivity index (χ4n) is 2.24. The third kappa shape index (κ3) is 4.22. The van der Waals surface area contributed by atoms with Crippen LogP contribution in [0.4, 0.5) is 5.82 Å². The zero-order chi connectivity index (χ0) is 17.9. The van der Waals surface area contributed by atoms with Gasteiger partial charge in [0.2, 0.25) is 0 Å². The summed E-state index contributed by atoms with van der Waals surface area (Å²) in [5.41, 5.74) is 0. The molecule has 0 saturated carbocycles. The van der Waals surface area contributed by atoms with Crippen molar-refractivity contribution in [2.45, 2.75) is 11.9 Å². The first-order valence-electron chi connectivity index (χ1n) is 7.64. The number of aryl methyl sites for hydroxylation is 2. The van der Waals surface area contributed by atoms with Gasteiger partial charge < -0.3 is 14.5 Å². The zero-order valence-corrected chi connectivity index (χ0v) is 14.7. The molecule has 0 spiro atoms. The summed E-state index contributed by atoms with van der Waals surface area (Å²) in [5, 5.41) is 3.10. The van der Waals surface area contributed by atoms with Crippen LogP contribution in [0.25, 0.3) is 5.82 Å². The average molecular weight is 361 g/mol. The van der Waals surface area contributed by atoms with Gasteiger partial charge in [-0.2, -0.15) is 0 Å². The van der Waals surface area contributed by atoms with Gasteiger partial charge in [0.25, 0.3) is 10.0 Å². The number of hydrogen-bond donors (Lipinski definition) is 2. The van der Waals surface area contributed by atoms with Crippen molar-refractivity contribution in [3.8, 4) is 5.82 Å². The summed E-state index contributed by atoms with van der Waals surface area (Å²) in [6, 6.07) is 5.63. The molecule has 9 nitrogen and oxygen atoms in total. The highest BCUT2D eigenvalue weighted by atomic mass is 32.2. The standard InChI is InChI=1S/C15H19N7O2S/c1-12-19-13(9-14(20-12)22-7-3-4-8-22)16-5-6-18-25(23,24)15-10-21(2)11-17-15/h3-4,7-11,18H,5-6H2,1-2H3,(H,16,19,20). The fraction of sp³-hybridized carbons (Fsp3) is 0.267. The van der Waals surface area contributed by atoms with E-state index in [0.29, 0.717) is 18.2 Å². The van der Waals surface area contributed by atoms with Gasteiger partial charge in [0.05, 0.1) is 6.33 Å². The fourth-order valence-corrected chi connectivity index (χ4v) is 3.25. The number of rotatable bonds is 7. The number of sulfonamides is 1. The van der Waals surface area contributed by atoms with Crippen LogP contribution in [-0.2, 0) is 17.1 Å². The lowest BCUT2D eigenvalue weighted by Crippen LogP contribution is -2.29. The molecule has 3 heterocycles. The van der Waals surface area contributed by atoms with E-state index in [4.69, 9.17) is 0 Å². The van der Waals surface area contributed by atoms with E-state index < -0.39 is 10.0 Å². The Labute approximate surface area is 145 Å². The second-order valence-corrected chi connectivity index (χ2v) is 7.16. The summed E-state index contributed by atoms with van der Waals surface area (Å²) < 4.78 is 30.1. The summed E-state index contributed by atoms with van der Waals surface area (Å²) in [7, 11) is -1.89. The number of imidazole rings is 1. The van der Waals surface area contributed by atoms with Crippen LogP contribution >= 0.6 is 0 Å². The molecule has 0 aliphatic carbocycles. The largest absolute Gasteiger partial charge is 0.369 e. The first-order valence-corrected chi connectivity index (χ1v) is 9.13. The van der Waals surface area contributed by atoms with Gasteiger partial charge in [-0.05, 0) is 19.1 Å². The lowest BCUT2D eigenvalue weighted by atomic mass is 10.4. The van der Waals surface area contributed by atoms with Crippen molar-refractivity contribution in [1.29, 1.82) is 0 Å². The quantitative estimate of drug-likeness (QED) is 0.600. The van der Waals surface area contributed by atoms with Crippen LogP contribution in [0.5, 0.6) is 0 Å². The van der Waals surface area contributed by atoms with Gasteiger partial charge in [0.15, 0.2) is 5.03 Å². The van der Waals surface area contributed by atoms with Crippen molar-refractivity contribution in [3.63, 3.8) is 0 Å². The first kappa shape index (κ1) is 17.1. The molecule has 0 saturated heterocycles. The predicted octanol–water partition coefficient (Wildman–Crippen LogP) is 0.700. The molecule has 3 aromatic heterocycles.